The van der Waals surface area contributed by atoms with Crippen LogP contribution in [0.4, 0.5) is 5.13 Å². The number of benzene rings is 2. The molecule has 8 nitrogen and oxygen atoms in total. The molecule has 194 valence electrons. The minimum Gasteiger partial charge on any atom is -0.508 e. The van der Waals surface area contributed by atoms with Gasteiger partial charge in [-0.3, -0.25) is 0 Å². The smallest absolute Gasteiger partial charge is 0.336 e. The summed E-state index contributed by atoms with van der Waals surface area (Å²) in [6.45, 7) is 7.57. The number of allylic oxidation sites excluding steroid dienone is 1. The van der Waals surface area contributed by atoms with Crippen LogP contribution < -0.4 is 10.6 Å². The Morgan fingerprint density at radius 1 is 1.11 bits per heavy atom. The number of hydrogen-bond acceptors (Lipinski definition) is 9. The van der Waals surface area contributed by atoms with Crippen molar-refractivity contribution >= 4 is 28.4 Å². The number of thiazole rings is 1. The zero-order chi connectivity index (χ0) is 26.6. The van der Waals surface area contributed by atoms with E-state index >= 15 is 0 Å². The summed E-state index contributed by atoms with van der Waals surface area (Å²) in [6, 6.07) is 15.8. The molecule has 1 aliphatic heterocycles. The van der Waals surface area contributed by atoms with E-state index in [1.807, 2.05) is 55.6 Å². The van der Waals surface area contributed by atoms with Gasteiger partial charge in [0.05, 0.1) is 36.4 Å². The van der Waals surface area contributed by atoms with Gasteiger partial charge >= 0.3 is 11.9 Å². The number of phenols is 1. The second kappa shape index (κ2) is 11.0. The molecular weight excluding hydrogens is 490 g/mol. The number of carbonyl (C=O) groups excluding carboxylic acids is 2. The lowest BCUT2D eigenvalue weighted by molar-refractivity contribution is -0.151. The number of nitrogens with one attached hydrogen (secondary N) is 2. The highest BCUT2D eigenvalue weighted by molar-refractivity contribution is 7.14. The Balaban J connectivity index is 1.89. The number of aromatic hydroxyl groups is 1. The van der Waals surface area contributed by atoms with Gasteiger partial charge in [-0.05, 0) is 45.4 Å². The first-order valence-corrected chi connectivity index (χ1v) is 13.1. The molecule has 0 saturated heterocycles. The van der Waals surface area contributed by atoms with E-state index < -0.39 is 29.4 Å². The second-order valence-corrected chi connectivity index (χ2v) is 9.63. The molecule has 37 heavy (non-hydrogen) atoms. The fraction of sp³-hybridized carbons (Fsp3) is 0.321. The second-order valence-electron chi connectivity index (χ2n) is 8.77. The van der Waals surface area contributed by atoms with E-state index in [9.17, 15) is 14.7 Å². The predicted octanol–water partition coefficient (Wildman–Crippen LogP) is 4.84. The lowest BCUT2D eigenvalue weighted by Crippen LogP contribution is -2.66. The van der Waals surface area contributed by atoms with Crippen molar-refractivity contribution in [2.45, 2.75) is 45.2 Å². The van der Waals surface area contributed by atoms with E-state index in [4.69, 9.17) is 14.5 Å². The summed E-state index contributed by atoms with van der Waals surface area (Å²) in [5.41, 5.74) is 1.73. The van der Waals surface area contributed by atoms with Crippen LogP contribution in [0.3, 0.4) is 0 Å². The van der Waals surface area contributed by atoms with Gasteiger partial charge in [-0.25, -0.2) is 14.6 Å². The third kappa shape index (κ3) is 5.04. The molecule has 1 aliphatic rings. The van der Waals surface area contributed by atoms with Gasteiger partial charge in [-0.1, -0.05) is 42.5 Å². The molecular formula is C28H31N3O5S. The summed E-state index contributed by atoms with van der Waals surface area (Å²) in [7, 11) is 0. The molecule has 0 radical (unpaired) electrons. The Morgan fingerprint density at radius 3 is 2.51 bits per heavy atom. The molecule has 3 unspecified atom stereocenters. The number of anilines is 1. The van der Waals surface area contributed by atoms with Crippen LogP contribution >= 0.6 is 11.3 Å². The highest BCUT2D eigenvalue weighted by Crippen LogP contribution is 2.45. The van der Waals surface area contributed by atoms with Gasteiger partial charge in [0.2, 0.25) is 0 Å². The monoisotopic (exact) mass is 521 g/mol. The SMILES string of the molecule is CCOC(=O)C1=C(C)NC(C)C(Nc2nc(-c3cccc(O)c3)cs2)(C(=O)OCC)C1c1ccccc1. The number of phenolic OH excluding ortho intramolecular Hbond substituents is 1. The maximum Gasteiger partial charge on any atom is 0.336 e. The van der Waals surface area contributed by atoms with Crippen LogP contribution in [-0.2, 0) is 19.1 Å². The predicted molar refractivity (Wildman–Crippen MR) is 143 cm³/mol. The molecule has 0 aliphatic carbocycles. The number of ether oxygens (including phenoxy) is 2. The van der Waals surface area contributed by atoms with Crippen molar-refractivity contribution in [3.63, 3.8) is 0 Å². The zero-order valence-corrected chi connectivity index (χ0v) is 22.1. The Labute approximate surface area is 220 Å². The molecule has 1 aromatic heterocycles. The maximum atomic E-state index is 13.9. The standard InChI is InChI=1S/C28H31N3O5S/c1-5-35-25(33)23-17(3)29-18(4)28(26(34)36-6-2,24(23)19-11-8-7-9-12-19)31-27-30-22(16-37-27)20-13-10-14-21(32)15-20/h7-16,18,24,29,32H,5-6H2,1-4H3,(H,30,31). The number of hydrogen-bond donors (Lipinski definition) is 3. The Hall–Kier alpha value is -3.85. The lowest BCUT2D eigenvalue weighted by atomic mass is 9.68. The highest BCUT2D eigenvalue weighted by atomic mass is 32.1. The van der Waals surface area contributed by atoms with E-state index in [1.165, 1.54) is 11.3 Å². The number of aromatic nitrogens is 1. The van der Waals surface area contributed by atoms with Gasteiger partial charge in [0.1, 0.15) is 5.75 Å². The molecule has 0 spiro atoms. The molecule has 2 aromatic carbocycles. The fourth-order valence-electron chi connectivity index (χ4n) is 4.85. The number of esters is 2. The van der Waals surface area contributed by atoms with E-state index in [0.717, 1.165) is 11.1 Å². The number of rotatable bonds is 8. The molecule has 0 amide bonds. The minimum absolute atomic E-state index is 0.136. The van der Waals surface area contributed by atoms with E-state index in [-0.39, 0.29) is 19.0 Å². The fourth-order valence-corrected chi connectivity index (χ4v) is 5.64. The third-order valence-corrected chi connectivity index (χ3v) is 7.22. The van der Waals surface area contributed by atoms with Gasteiger partial charge in [-0.15, -0.1) is 11.3 Å². The largest absolute Gasteiger partial charge is 0.508 e. The molecule has 9 heteroatoms. The Bertz CT molecular complexity index is 1310. The van der Waals surface area contributed by atoms with Crippen molar-refractivity contribution in [3.8, 4) is 17.0 Å². The van der Waals surface area contributed by atoms with Crippen molar-refractivity contribution < 1.29 is 24.2 Å². The topological polar surface area (TPSA) is 110 Å². The summed E-state index contributed by atoms with van der Waals surface area (Å²) in [4.78, 5) is 31.9. The summed E-state index contributed by atoms with van der Waals surface area (Å²) in [5, 5.41) is 18.9. The first-order chi connectivity index (χ1) is 17.8. The first-order valence-electron chi connectivity index (χ1n) is 12.2. The minimum atomic E-state index is -1.42. The number of nitrogens with zero attached hydrogens (tertiary/aromatic N) is 1. The van der Waals surface area contributed by atoms with Crippen molar-refractivity contribution in [1.82, 2.24) is 10.3 Å². The molecule has 3 N–H and O–H groups in total. The van der Waals surface area contributed by atoms with Crippen molar-refractivity contribution in [2.75, 3.05) is 18.5 Å². The highest BCUT2D eigenvalue weighted by Gasteiger charge is 2.58. The quantitative estimate of drug-likeness (QED) is 0.361. The van der Waals surface area contributed by atoms with E-state index in [2.05, 4.69) is 10.6 Å². The van der Waals surface area contributed by atoms with Crippen LogP contribution in [0.15, 0.2) is 71.2 Å². The summed E-state index contributed by atoms with van der Waals surface area (Å²) in [5.74, 6) is -1.59. The van der Waals surface area contributed by atoms with Crippen LogP contribution in [0.1, 0.15) is 39.2 Å². The average Bonchev–Trinajstić information content (AvgIpc) is 3.34. The van der Waals surface area contributed by atoms with Gasteiger partial charge in [-0.2, -0.15) is 0 Å². The Morgan fingerprint density at radius 2 is 1.84 bits per heavy atom. The lowest BCUT2D eigenvalue weighted by Gasteiger charge is -2.48. The average molecular weight is 522 g/mol. The molecule has 4 rings (SSSR count). The molecule has 3 aromatic rings. The van der Waals surface area contributed by atoms with Crippen LogP contribution in [0.25, 0.3) is 11.3 Å². The molecule has 3 atom stereocenters. The summed E-state index contributed by atoms with van der Waals surface area (Å²) < 4.78 is 11.1. The van der Waals surface area contributed by atoms with Gasteiger partial charge < -0.3 is 25.2 Å². The molecule has 0 bridgehead atoms. The first kappa shape index (κ1) is 26.2. The van der Waals surface area contributed by atoms with E-state index in [1.54, 1.807) is 32.0 Å². The molecule has 0 fully saturated rings. The normalized spacial score (nSPS) is 21.2. The Kier molecular flexibility index (Phi) is 7.83. The molecule has 0 saturated carbocycles. The van der Waals surface area contributed by atoms with Crippen molar-refractivity contribution in [2.24, 2.45) is 0 Å². The van der Waals surface area contributed by atoms with Crippen LogP contribution in [0.2, 0.25) is 0 Å². The molecule has 2 heterocycles. The summed E-state index contributed by atoms with van der Waals surface area (Å²) >= 11 is 1.33. The van der Waals surface area contributed by atoms with Crippen molar-refractivity contribution in [3.05, 3.63) is 76.8 Å². The van der Waals surface area contributed by atoms with Gasteiger partial charge in [0.15, 0.2) is 10.7 Å². The van der Waals surface area contributed by atoms with E-state index in [0.29, 0.717) is 22.1 Å². The van der Waals surface area contributed by atoms with Crippen LogP contribution in [0, 0.1) is 0 Å². The maximum absolute atomic E-state index is 13.9. The van der Waals surface area contributed by atoms with Crippen LogP contribution in [0.5, 0.6) is 5.75 Å². The zero-order valence-electron chi connectivity index (χ0n) is 21.3. The van der Waals surface area contributed by atoms with Crippen molar-refractivity contribution in [1.29, 1.82) is 0 Å². The van der Waals surface area contributed by atoms with Gasteiger partial charge in [0, 0.05) is 16.6 Å². The summed E-state index contributed by atoms with van der Waals surface area (Å²) in [6.07, 6.45) is 0. The van der Waals surface area contributed by atoms with Crippen LogP contribution in [-0.4, -0.2) is 46.8 Å². The van der Waals surface area contributed by atoms with Gasteiger partial charge in [0.25, 0.3) is 0 Å². The third-order valence-electron chi connectivity index (χ3n) is 6.47. The number of carbonyl (C=O) groups is 2.